The SMILES string of the molecule is Cc1cccc2c1c1ccccc1n2-c1c(C#N)c(-n2c3ccccc3c3c(C)cccc32)c(-n2c3ccccc3c3c(C)cccc32)c(-c2ccc3c(c2)oc2ncccc23)c1-n1c2ccccc2c2c(C)cccc21. The van der Waals surface area contributed by atoms with Gasteiger partial charge in [-0.25, -0.2) is 4.98 Å². The Morgan fingerprint density at radius 1 is 0.364 bits per heavy atom. The zero-order chi connectivity index (χ0) is 51.4. The number of hydrogen-bond acceptors (Lipinski definition) is 3. The third-order valence-electron chi connectivity index (χ3n) is 16.6. The van der Waals surface area contributed by atoms with Gasteiger partial charge >= 0.3 is 0 Å². The molecule has 7 heteroatoms. The van der Waals surface area contributed by atoms with Gasteiger partial charge < -0.3 is 22.7 Å². The molecule has 0 aliphatic heterocycles. The molecule has 0 aliphatic carbocycles. The van der Waals surface area contributed by atoms with Gasteiger partial charge in [0.1, 0.15) is 17.2 Å². The Hall–Kier alpha value is -10.2. The Kier molecular flexibility index (Phi) is 8.95. The Bertz CT molecular complexity index is 5030. The van der Waals surface area contributed by atoms with E-state index in [1.807, 2.05) is 6.07 Å². The molecule has 16 rings (SSSR count). The second kappa shape index (κ2) is 15.9. The van der Waals surface area contributed by atoms with Crippen LogP contribution in [0.25, 0.3) is 143 Å². The molecule has 0 saturated carbocycles. The minimum atomic E-state index is 0.526. The van der Waals surface area contributed by atoms with Crippen molar-refractivity contribution in [3.05, 3.63) is 234 Å². The number of fused-ring (bicyclic) bond motifs is 15. The smallest absolute Gasteiger partial charge is 0.227 e. The van der Waals surface area contributed by atoms with Crippen LogP contribution in [0.1, 0.15) is 27.8 Å². The van der Waals surface area contributed by atoms with Crippen molar-refractivity contribution in [3.8, 4) is 39.9 Å². The lowest BCUT2D eigenvalue weighted by Gasteiger charge is -2.29. The van der Waals surface area contributed by atoms with Crippen LogP contribution in [0.15, 0.2) is 211 Å². The van der Waals surface area contributed by atoms with Gasteiger partial charge in [-0.3, -0.25) is 0 Å². The molecule has 6 heterocycles. The van der Waals surface area contributed by atoms with E-state index in [-0.39, 0.29) is 0 Å². The van der Waals surface area contributed by atoms with Crippen molar-refractivity contribution in [2.24, 2.45) is 0 Å². The summed E-state index contributed by atoms with van der Waals surface area (Å²) >= 11 is 0. The first-order valence-corrected chi connectivity index (χ1v) is 26.3. The first-order valence-electron chi connectivity index (χ1n) is 26.3. The van der Waals surface area contributed by atoms with Crippen molar-refractivity contribution >= 4 is 109 Å². The summed E-state index contributed by atoms with van der Waals surface area (Å²) in [5.41, 5.74) is 19.7. The number of furan rings is 1. The number of aryl methyl sites for hydroxylation is 4. The van der Waals surface area contributed by atoms with Crippen LogP contribution in [0.4, 0.5) is 0 Å². The van der Waals surface area contributed by atoms with Gasteiger partial charge in [0.25, 0.3) is 0 Å². The van der Waals surface area contributed by atoms with Crippen LogP contribution in [0.5, 0.6) is 0 Å². The molecule has 0 spiro atoms. The van der Waals surface area contributed by atoms with Crippen molar-refractivity contribution < 1.29 is 4.42 Å². The summed E-state index contributed by atoms with van der Waals surface area (Å²) in [5.74, 6) is 0. The highest BCUT2D eigenvalue weighted by molar-refractivity contribution is 6.19. The van der Waals surface area contributed by atoms with Crippen LogP contribution in [-0.4, -0.2) is 23.3 Å². The highest BCUT2D eigenvalue weighted by atomic mass is 16.3. The second-order valence-corrected chi connectivity index (χ2v) is 20.7. The molecule has 0 N–H and O–H groups in total. The summed E-state index contributed by atoms with van der Waals surface area (Å²) in [5, 5.41) is 24.0. The molecular formula is C70H46N6O. The van der Waals surface area contributed by atoms with E-state index >= 15 is 0 Å². The molecule has 0 fully saturated rings. The number of nitriles is 1. The van der Waals surface area contributed by atoms with Crippen molar-refractivity contribution in [1.29, 1.82) is 5.26 Å². The Labute approximate surface area is 441 Å². The van der Waals surface area contributed by atoms with Crippen LogP contribution < -0.4 is 0 Å². The van der Waals surface area contributed by atoms with Gasteiger partial charge in [-0.15, -0.1) is 0 Å². The lowest BCUT2D eigenvalue weighted by Crippen LogP contribution is -2.16. The van der Waals surface area contributed by atoms with Crippen molar-refractivity contribution in [1.82, 2.24) is 23.3 Å². The fraction of sp³-hybridized carbons (Fsp3) is 0.0571. The molecule has 7 nitrogen and oxygen atoms in total. The molecule has 0 atom stereocenters. The van der Waals surface area contributed by atoms with Gasteiger partial charge in [-0.05, 0) is 128 Å². The minimum absolute atomic E-state index is 0.526. The molecule has 362 valence electrons. The number of benzene rings is 10. The molecule has 16 aromatic rings. The number of hydrogen-bond donors (Lipinski definition) is 0. The van der Waals surface area contributed by atoms with E-state index in [0.29, 0.717) is 11.3 Å². The number of nitrogens with zero attached hydrogens (tertiary/aromatic N) is 6. The molecule has 0 radical (unpaired) electrons. The maximum Gasteiger partial charge on any atom is 0.227 e. The average molecular weight is 987 g/mol. The normalized spacial score (nSPS) is 12.1. The van der Waals surface area contributed by atoms with Gasteiger partial charge in [0.2, 0.25) is 5.71 Å². The van der Waals surface area contributed by atoms with E-state index in [9.17, 15) is 5.26 Å². The van der Waals surface area contributed by atoms with Gasteiger partial charge in [-0.1, -0.05) is 127 Å². The first kappa shape index (κ1) is 43.3. The monoisotopic (exact) mass is 986 g/mol. The second-order valence-electron chi connectivity index (χ2n) is 20.7. The maximum absolute atomic E-state index is 12.9. The number of para-hydroxylation sites is 4. The Morgan fingerprint density at radius 2 is 0.727 bits per heavy atom. The average Bonchev–Trinajstić information content (AvgIpc) is 4.18. The topological polar surface area (TPSA) is 69.5 Å². The molecule has 0 unspecified atom stereocenters. The largest absolute Gasteiger partial charge is 0.438 e. The van der Waals surface area contributed by atoms with Gasteiger partial charge in [0, 0.05) is 65.6 Å². The first-order chi connectivity index (χ1) is 37.9. The summed E-state index contributed by atoms with van der Waals surface area (Å²) < 4.78 is 16.5. The van der Waals surface area contributed by atoms with E-state index in [0.717, 1.165) is 149 Å². The lowest BCUT2D eigenvalue weighted by atomic mass is 9.92. The predicted octanol–water partition coefficient (Wildman–Crippen LogP) is 18.1. The summed E-state index contributed by atoms with van der Waals surface area (Å²) in [6.45, 7) is 8.81. The zero-order valence-electron chi connectivity index (χ0n) is 42.7. The molecule has 0 saturated heterocycles. The van der Waals surface area contributed by atoms with Crippen LogP contribution in [0, 0.1) is 39.0 Å². The van der Waals surface area contributed by atoms with Crippen molar-refractivity contribution in [3.63, 3.8) is 0 Å². The van der Waals surface area contributed by atoms with E-state index in [2.05, 4.69) is 246 Å². The third kappa shape index (κ3) is 5.76. The fourth-order valence-electron chi connectivity index (χ4n) is 13.5. The Balaban J connectivity index is 1.28. The molecular weight excluding hydrogens is 941 g/mol. The summed E-state index contributed by atoms with van der Waals surface area (Å²) in [4.78, 5) is 4.72. The molecule has 0 bridgehead atoms. The minimum Gasteiger partial charge on any atom is -0.438 e. The molecule has 77 heavy (non-hydrogen) atoms. The van der Waals surface area contributed by atoms with Gasteiger partial charge in [0.15, 0.2) is 0 Å². The number of rotatable bonds is 5. The zero-order valence-corrected chi connectivity index (χ0v) is 42.7. The van der Waals surface area contributed by atoms with E-state index in [4.69, 9.17) is 9.40 Å². The summed E-state index contributed by atoms with van der Waals surface area (Å²) in [6, 6.07) is 75.1. The quantitative estimate of drug-likeness (QED) is 0.172. The molecule has 0 amide bonds. The molecule has 6 aromatic heterocycles. The lowest BCUT2D eigenvalue weighted by molar-refractivity contribution is 0.654. The number of pyridine rings is 1. The van der Waals surface area contributed by atoms with E-state index < -0.39 is 0 Å². The molecule has 10 aromatic carbocycles. The molecule has 0 aliphatic rings. The van der Waals surface area contributed by atoms with Crippen molar-refractivity contribution in [2.75, 3.05) is 0 Å². The van der Waals surface area contributed by atoms with Crippen LogP contribution >= 0.6 is 0 Å². The Morgan fingerprint density at radius 3 is 1.13 bits per heavy atom. The van der Waals surface area contributed by atoms with Crippen LogP contribution in [0.3, 0.4) is 0 Å². The number of aromatic nitrogens is 5. The van der Waals surface area contributed by atoms with Crippen molar-refractivity contribution in [2.45, 2.75) is 27.7 Å². The third-order valence-corrected chi connectivity index (χ3v) is 16.6. The van der Waals surface area contributed by atoms with Gasteiger partial charge in [-0.2, -0.15) is 5.26 Å². The maximum atomic E-state index is 12.9. The summed E-state index contributed by atoms with van der Waals surface area (Å²) in [7, 11) is 0. The van der Waals surface area contributed by atoms with Gasteiger partial charge in [0.05, 0.1) is 66.9 Å². The highest BCUT2D eigenvalue weighted by Gasteiger charge is 2.35. The fourth-order valence-corrected chi connectivity index (χ4v) is 13.5. The predicted molar refractivity (Wildman–Crippen MR) is 318 cm³/mol. The van der Waals surface area contributed by atoms with E-state index in [1.165, 1.54) is 11.1 Å². The van der Waals surface area contributed by atoms with Crippen LogP contribution in [-0.2, 0) is 0 Å². The summed E-state index contributed by atoms with van der Waals surface area (Å²) in [6.07, 6.45) is 1.79. The van der Waals surface area contributed by atoms with E-state index in [1.54, 1.807) is 6.20 Å². The standard InChI is InChI=1S/C70H46N6O/c1-40-18-13-31-56-61(40)47-22-5-9-27-52(47)73(56)66-51(39-71)67(74-53-28-10-6-23-48(53)62-41(2)19-14-32-57(62)74)69(76-55-30-12-8-25-50(55)64-43(4)21-16-34-59(64)76)65(44-35-36-45-46-26-17-37-72-70(46)77-60(45)38-44)68(66)75-54-29-11-7-24-49(54)63-42(3)20-15-33-58(63)75/h5-38H,1-4H3. The van der Waals surface area contributed by atoms with Crippen LogP contribution in [0.2, 0.25) is 0 Å². The highest BCUT2D eigenvalue weighted by Crippen LogP contribution is 2.53.